The Bertz CT molecular complexity index is 752. The summed E-state index contributed by atoms with van der Waals surface area (Å²) < 4.78 is 32.9. The summed E-state index contributed by atoms with van der Waals surface area (Å²) >= 11 is 0. The van der Waals surface area contributed by atoms with Crippen LogP contribution in [0.1, 0.15) is 226 Å². The minimum atomic E-state index is -4.24. The molecule has 0 fully saturated rings. The number of aliphatic hydroxyl groups excluding tert-OH is 1. The van der Waals surface area contributed by atoms with E-state index < -0.39 is 20.2 Å². The number of hydrogen-bond acceptors (Lipinski definition) is 7. The molecule has 0 radical (unpaired) electrons. The molecule has 2 N–H and O–H groups in total. The summed E-state index contributed by atoms with van der Waals surface area (Å²) in [6, 6.07) is 0. The first kappa shape index (κ1) is 49.5. The fourth-order valence-electron chi connectivity index (χ4n) is 6.38. The molecule has 0 aromatic carbocycles. The first-order chi connectivity index (χ1) is 24.3. The predicted octanol–water partition coefficient (Wildman–Crippen LogP) is 12.9. The van der Waals surface area contributed by atoms with Gasteiger partial charge in [0, 0.05) is 6.42 Å². The third kappa shape index (κ3) is 37.3. The fraction of sp³-hybridized carbons (Fsp3) is 0.976. The molecule has 0 aromatic rings. The molecule has 300 valence electrons. The van der Waals surface area contributed by atoms with Gasteiger partial charge in [-0.3, -0.25) is 13.8 Å². The summed E-state index contributed by atoms with van der Waals surface area (Å²) in [6.45, 7) is 5.67. The highest BCUT2D eigenvalue weighted by Crippen LogP contribution is 2.43. The standard InChI is InChI=1S/C41H83O8P/c1-4-7-9-11-13-15-17-19-21-23-25-27-29-31-33-35-40(42)46-37-39(38-48-50(44,45)47-6-3)49-41(43)36-34-32-30-28-26-24-22-20-18-16-14-12-10-8-5-2/h39,41,43H,4-38H2,1-3H3,(H,44,45). The molecule has 0 aliphatic carbocycles. The summed E-state index contributed by atoms with van der Waals surface area (Å²) in [5.74, 6) is -0.331. The molecule has 0 aliphatic rings. The van der Waals surface area contributed by atoms with Crippen molar-refractivity contribution in [1.29, 1.82) is 0 Å². The van der Waals surface area contributed by atoms with E-state index in [4.69, 9.17) is 18.5 Å². The normalized spacial score (nSPS) is 14.1. The number of hydrogen-bond donors (Lipinski definition) is 2. The third-order valence-corrected chi connectivity index (χ3v) is 10.6. The second kappa shape index (κ2) is 38.2. The Balaban J connectivity index is 4.04. The molecule has 0 heterocycles. The molecule has 0 saturated heterocycles. The van der Waals surface area contributed by atoms with Crippen LogP contribution in [0.2, 0.25) is 0 Å². The Kier molecular flexibility index (Phi) is 37.8. The van der Waals surface area contributed by atoms with E-state index in [-0.39, 0.29) is 25.8 Å². The lowest BCUT2D eigenvalue weighted by molar-refractivity contribution is -0.174. The molecule has 0 spiro atoms. The molecule has 50 heavy (non-hydrogen) atoms. The van der Waals surface area contributed by atoms with E-state index in [1.54, 1.807) is 6.92 Å². The second-order valence-corrected chi connectivity index (χ2v) is 16.0. The van der Waals surface area contributed by atoms with Gasteiger partial charge in [0.1, 0.15) is 12.7 Å². The van der Waals surface area contributed by atoms with E-state index in [0.717, 1.165) is 38.5 Å². The van der Waals surface area contributed by atoms with Crippen molar-refractivity contribution >= 4 is 13.8 Å². The minimum Gasteiger partial charge on any atom is -0.463 e. The quantitative estimate of drug-likeness (QED) is 0.0276. The van der Waals surface area contributed by atoms with E-state index in [0.29, 0.717) is 12.8 Å². The highest BCUT2D eigenvalue weighted by molar-refractivity contribution is 7.47. The number of aliphatic hydroxyl groups is 1. The maximum absolute atomic E-state index is 12.4. The number of phosphoric ester groups is 1. The lowest BCUT2D eigenvalue weighted by Crippen LogP contribution is -2.31. The predicted molar refractivity (Wildman–Crippen MR) is 208 cm³/mol. The fourth-order valence-corrected chi connectivity index (χ4v) is 7.14. The molecule has 0 aromatic heterocycles. The lowest BCUT2D eigenvalue weighted by Gasteiger charge is -2.22. The highest BCUT2D eigenvalue weighted by Gasteiger charge is 2.25. The Morgan fingerprint density at radius 3 is 1.26 bits per heavy atom. The topological polar surface area (TPSA) is 112 Å². The molecule has 8 nitrogen and oxygen atoms in total. The van der Waals surface area contributed by atoms with Gasteiger partial charge in [0.15, 0.2) is 6.29 Å². The van der Waals surface area contributed by atoms with E-state index >= 15 is 0 Å². The maximum atomic E-state index is 12.4. The molecule has 3 unspecified atom stereocenters. The van der Waals surface area contributed by atoms with Crippen LogP contribution in [-0.2, 0) is 27.9 Å². The van der Waals surface area contributed by atoms with Gasteiger partial charge < -0.3 is 19.5 Å². The van der Waals surface area contributed by atoms with E-state index in [1.807, 2.05) is 0 Å². The van der Waals surface area contributed by atoms with Crippen molar-refractivity contribution in [3.63, 3.8) is 0 Å². The van der Waals surface area contributed by atoms with Crippen LogP contribution in [0.4, 0.5) is 0 Å². The number of unbranched alkanes of at least 4 members (excludes halogenated alkanes) is 28. The second-order valence-electron chi connectivity index (χ2n) is 14.5. The summed E-state index contributed by atoms with van der Waals surface area (Å²) in [7, 11) is -4.24. The van der Waals surface area contributed by atoms with Crippen molar-refractivity contribution < 1.29 is 37.9 Å². The molecular formula is C41H83O8P. The van der Waals surface area contributed by atoms with Crippen molar-refractivity contribution in [3.8, 4) is 0 Å². The van der Waals surface area contributed by atoms with Gasteiger partial charge in [-0.15, -0.1) is 0 Å². The third-order valence-electron chi connectivity index (χ3n) is 9.53. The van der Waals surface area contributed by atoms with Crippen molar-refractivity contribution in [2.75, 3.05) is 19.8 Å². The van der Waals surface area contributed by atoms with Crippen LogP contribution >= 0.6 is 7.82 Å². The van der Waals surface area contributed by atoms with Crippen LogP contribution in [0.25, 0.3) is 0 Å². The number of rotatable bonds is 41. The smallest absolute Gasteiger partial charge is 0.463 e. The first-order valence-corrected chi connectivity index (χ1v) is 22.9. The van der Waals surface area contributed by atoms with Gasteiger partial charge in [0.2, 0.25) is 0 Å². The van der Waals surface area contributed by atoms with Gasteiger partial charge in [-0.2, -0.15) is 0 Å². The molecule has 0 bridgehead atoms. The zero-order valence-corrected chi connectivity index (χ0v) is 34.1. The average molecular weight is 735 g/mol. The van der Waals surface area contributed by atoms with E-state index in [9.17, 15) is 19.4 Å². The Morgan fingerprint density at radius 2 is 0.880 bits per heavy atom. The summed E-state index contributed by atoms with van der Waals surface area (Å²) in [6.07, 6.45) is 36.9. The van der Waals surface area contributed by atoms with Gasteiger partial charge in [-0.1, -0.05) is 194 Å². The number of ether oxygens (including phenoxy) is 2. The first-order valence-electron chi connectivity index (χ1n) is 21.5. The Hall–Kier alpha value is -0.500. The average Bonchev–Trinajstić information content (AvgIpc) is 3.09. The molecule has 0 amide bonds. The van der Waals surface area contributed by atoms with Crippen molar-refractivity contribution in [2.24, 2.45) is 0 Å². The number of esters is 1. The summed E-state index contributed by atoms with van der Waals surface area (Å²) in [4.78, 5) is 22.2. The lowest BCUT2D eigenvalue weighted by atomic mass is 10.0. The van der Waals surface area contributed by atoms with Gasteiger partial charge in [-0.05, 0) is 26.2 Å². The minimum absolute atomic E-state index is 0.0232. The monoisotopic (exact) mass is 735 g/mol. The van der Waals surface area contributed by atoms with Crippen LogP contribution < -0.4 is 0 Å². The molecule has 9 heteroatoms. The van der Waals surface area contributed by atoms with Crippen LogP contribution in [-0.4, -0.2) is 48.2 Å². The van der Waals surface area contributed by atoms with Crippen LogP contribution in [0.3, 0.4) is 0 Å². The number of carbonyl (C=O) groups is 1. The van der Waals surface area contributed by atoms with Crippen LogP contribution in [0.5, 0.6) is 0 Å². The Labute approximate surface area is 309 Å². The summed E-state index contributed by atoms with van der Waals surface area (Å²) in [5.41, 5.74) is 0. The van der Waals surface area contributed by atoms with Gasteiger partial charge in [-0.25, -0.2) is 4.57 Å². The molecule has 3 atom stereocenters. The number of carbonyl (C=O) groups excluding carboxylic acids is 1. The van der Waals surface area contributed by atoms with Crippen molar-refractivity contribution in [1.82, 2.24) is 0 Å². The molecular weight excluding hydrogens is 651 g/mol. The summed E-state index contributed by atoms with van der Waals surface area (Å²) in [5, 5.41) is 10.5. The zero-order valence-electron chi connectivity index (χ0n) is 33.2. The van der Waals surface area contributed by atoms with Crippen molar-refractivity contribution in [3.05, 3.63) is 0 Å². The van der Waals surface area contributed by atoms with Gasteiger partial charge in [0.25, 0.3) is 0 Å². The highest BCUT2D eigenvalue weighted by atomic mass is 31.2. The van der Waals surface area contributed by atoms with E-state index in [2.05, 4.69) is 13.8 Å². The molecule has 0 aliphatic heterocycles. The van der Waals surface area contributed by atoms with Crippen molar-refractivity contribution in [2.45, 2.75) is 239 Å². The maximum Gasteiger partial charge on any atom is 0.472 e. The van der Waals surface area contributed by atoms with Crippen LogP contribution in [0.15, 0.2) is 0 Å². The number of phosphoric acid groups is 1. The SMILES string of the molecule is CCCCCCCCCCCCCCCCCC(=O)OCC(COP(=O)(O)OCC)OC(O)CCCCCCCCCCCCCCCCC. The Morgan fingerprint density at radius 1 is 0.520 bits per heavy atom. The van der Waals surface area contributed by atoms with Gasteiger partial charge in [0.05, 0.1) is 13.2 Å². The zero-order chi connectivity index (χ0) is 36.8. The van der Waals surface area contributed by atoms with Crippen LogP contribution in [0, 0.1) is 0 Å². The molecule has 0 rings (SSSR count). The van der Waals surface area contributed by atoms with Gasteiger partial charge >= 0.3 is 13.8 Å². The largest absolute Gasteiger partial charge is 0.472 e. The van der Waals surface area contributed by atoms with E-state index in [1.165, 1.54) is 154 Å². The molecule has 0 saturated carbocycles.